The van der Waals surface area contributed by atoms with E-state index in [1.165, 1.54) is 56.4 Å². The van der Waals surface area contributed by atoms with Gasteiger partial charge in [0.15, 0.2) is 6.04 Å². The lowest BCUT2D eigenvalue weighted by molar-refractivity contribution is -0.469. The van der Waals surface area contributed by atoms with Crippen molar-refractivity contribution in [3.05, 3.63) is 159 Å². The van der Waals surface area contributed by atoms with Gasteiger partial charge < -0.3 is 9.80 Å². The van der Waals surface area contributed by atoms with Gasteiger partial charge in [-0.25, -0.2) is 0 Å². The van der Waals surface area contributed by atoms with Crippen LogP contribution in [-0.4, -0.2) is 30.4 Å². The lowest BCUT2D eigenvalue weighted by Crippen LogP contribution is -2.28. The maximum Gasteiger partial charge on any atom is 0.212 e. The predicted octanol–water partition coefficient (Wildman–Crippen LogP) is 11.2. The Balaban J connectivity index is 1.39. The highest BCUT2D eigenvalue weighted by Gasteiger charge is 2.41. The molecule has 3 aromatic rings. The number of halogens is 2. The van der Waals surface area contributed by atoms with Gasteiger partial charge >= 0.3 is 0 Å². The molecule has 1 saturated carbocycles. The lowest BCUT2D eigenvalue weighted by atomic mass is 9.83. The van der Waals surface area contributed by atoms with Gasteiger partial charge in [0.2, 0.25) is 11.4 Å². The first kappa shape index (κ1) is 32.5. The van der Waals surface area contributed by atoms with Gasteiger partial charge in [0.25, 0.3) is 0 Å². The number of nitrogens with zero attached hydrogens (tertiary/aromatic N) is 3. The van der Waals surface area contributed by atoms with E-state index in [0.717, 1.165) is 29.3 Å². The second-order valence-corrected chi connectivity index (χ2v) is 15.2. The first-order chi connectivity index (χ1) is 23.0. The Morgan fingerprint density at radius 2 is 1.21 bits per heavy atom. The molecular weight excluding hydrogens is 629 g/mol. The van der Waals surface area contributed by atoms with Crippen LogP contribution < -0.4 is 9.80 Å². The van der Waals surface area contributed by atoms with E-state index < -0.39 is 0 Å². The third-order valence-corrected chi connectivity index (χ3v) is 11.2. The summed E-state index contributed by atoms with van der Waals surface area (Å²) >= 11 is 13.0. The number of likely N-dealkylation sites (N-methyl/N-ethyl adjacent to an activating group) is 2. The van der Waals surface area contributed by atoms with Crippen molar-refractivity contribution in [3.63, 3.8) is 0 Å². The van der Waals surface area contributed by atoms with Crippen LogP contribution in [0.4, 0.5) is 17.1 Å². The van der Waals surface area contributed by atoms with Gasteiger partial charge in [0.1, 0.15) is 0 Å². The van der Waals surface area contributed by atoms with Gasteiger partial charge in [-0.15, -0.1) is 0 Å². The van der Waals surface area contributed by atoms with Crippen molar-refractivity contribution in [1.29, 1.82) is 0 Å². The molecule has 5 heteroatoms. The van der Waals surface area contributed by atoms with E-state index in [0.29, 0.717) is 0 Å². The van der Waals surface area contributed by atoms with Crippen LogP contribution in [0.25, 0.3) is 0 Å². The molecular formula is C43H44Cl2N3+. The summed E-state index contributed by atoms with van der Waals surface area (Å²) in [7, 11) is 4.34. The number of rotatable bonds is 4. The fraction of sp³-hybridized carbons (Fsp3) is 0.279. The average molecular weight is 674 g/mol. The second-order valence-electron chi connectivity index (χ2n) is 14.3. The Morgan fingerprint density at radius 3 is 1.69 bits per heavy atom. The number of anilines is 2. The molecule has 48 heavy (non-hydrogen) atoms. The van der Waals surface area contributed by atoms with Crippen LogP contribution in [0.5, 0.6) is 0 Å². The first-order valence-electron chi connectivity index (χ1n) is 16.9. The molecule has 0 radical (unpaired) electrons. The molecule has 2 aliphatic carbocycles. The van der Waals surface area contributed by atoms with Crippen molar-refractivity contribution in [1.82, 2.24) is 0 Å². The van der Waals surface area contributed by atoms with Gasteiger partial charge in [-0.05, 0) is 78.6 Å². The highest BCUT2D eigenvalue weighted by molar-refractivity contribution is 6.31. The maximum atomic E-state index is 6.48. The molecule has 1 atom stereocenters. The minimum atomic E-state index is -0.166. The first-order valence-corrected chi connectivity index (χ1v) is 17.7. The van der Waals surface area contributed by atoms with E-state index in [1.54, 1.807) is 0 Å². The van der Waals surface area contributed by atoms with Crippen molar-refractivity contribution < 1.29 is 4.58 Å². The van der Waals surface area contributed by atoms with E-state index in [9.17, 15) is 0 Å². The normalized spacial score (nSPS) is 24.0. The largest absolute Gasteiger partial charge is 0.347 e. The Kier molecular flexibility index (Phi) is 8.42. The van der Waals surface area contributed by atoms with Crippen LogP contribution in [0.15, 0.2) is 138 Å². The number of allylic oxidation sites excluding steroid dienone is 10. The molecule has 0 aromatic heterocycles. The summed E-state index contributed by atoms with van der Waals surface area (Å²) in [5.41, 5.74) is 12.4. The molecule has 1 fully saturated rings. The molecule has 244 valence electrons. The molecule has 7 rings (SSSR count). The Morgan fingerprint density at radius 1 is 0.688 bits per heavy atom. The van der Waals surface area contributed by atoms with Crippen molar-refractivity contribution >= 4 is 46.0 Å². The molecule has 0 amide bonds. The fourth-order valence-electron chi connectivity index (χ4n) is 8.16. The lowest BCUT2D eigenvalue weighted by Gasteiger charge is -2.24. The molecule has 1 unspecified atom stereocenters. The van der Waals surface area contributed by atoms with Crippen LogP contribution in [-0.2, 0) is 10.8 Å². The molecule has 2 aliphatic heterocycles. The Labute approximate surface area is 296 Å². The summed E-state index contributed by atoms with van der Waals surface area (Å²) in [4.78, 5) is 4.65. The van der Waals surface area contributed by atoms with Crippen molar-refractivity contribution in [3.8, 4) is 0 Å². The predicted molar refractivity (Wildman–Crippen MR) is 205 cm³/mol. The van der Waals surface area contributed by atoms with Gasteiger partial charge in [0.05, 0.1) is 0 Å². The highest BCUT2D eigenvalue weighted by Crippen LogP contribution is 2.49. The zero-order valence-corrected chi connectivity index (χ0v) is 30.3. The van der Waals surface area contributed by atoms with E-state index in [4.69, 9.17) is 23.2 Å². The van der Waals surface area contributed by atoms with E-state index in [-0.39, 0.29) is 16.9 Å². The SMILES string of the molecule is CN1/C(=C/C=C2\CC/C(=C\C=C3\N(C)c4ccc(Cl)cc4C3(C)C)C2=[N+](c2ccccc2)C2C=CC=CC2)C(C)(C)c2cc(Cl)ccc21. The van der Waals surface area contributed by atoms with Crippen molar-refractivity contribution in [2.45, 2.75) is 63.8 Å². The summed E-state index contributed by atoms with van der Waals surface area (Å²) in [6.45, 7) is 9.20. The minimum absolute atomic E-state index is 0.166. The summed E-state index contributed by atoms with van der Waals surface area (Å²) in [5, 5.41) is 1.56. The minimum Gasteiger partial charge on any atom is -0.347 e. The number of hydrogen-bond donors (Lipinski definition) is 0. The quantitative estimate of drug-likeness (QED) is 0.255. The van der Waals surface area contributed by atoms with Gasteiger partial charge in [-0.3, -0.25) is 0 Å². The van der Waals surface area contributed by atoms with E-state index in [1.807, 2.05) is 12.1 Å². The molecule has 0 saturated heterocycles. The Bertz CT molecular complexity index is 1900. The third-order valence-electron chi connectivity index (χ3n) is 10.7. The molecule has 2 heterocycles. The summed E-state index contributed by atoms with van der Waals surface area (Å²) in [5.74, 6) is 0. The van der Waals surface area contributed by atoms with Crippen LogP contribution in [0, 0.1) is 0 Å². The standard InChI is InChI=1S/C43H44Cl2N3/c1-42(2)35-27-31(44)21-23-37(35)46(5)39(42)25-19-29-17-18-30(20-26-40-43(3,4)36-28-32(45)22-24-38(36)47(40)6)41(29)48(33-13-9-7-10-14-33)34-15-11-8-12-16-34/h7-15,19-28,34H,16-18H2,1-6H3/q+1. The summed E-state index contributed by atoms with van der Waals surface area (Å²) in [6.07, 6.45) is 21.3. The highest BCUT2D eigenvalue weighted by atomic mass is 35.5. The maximum absolute atomic E-state index is 6.48. The smallest absolute Gasteiger partial charge is 0.212 e. The van der Waals surface area contributed by atoms with Gasteiger partial charge in [0, 0.05) is 87.4 Å². The molecule has 3 aromatic carbocycles. The zero-order valence-electron chi connectivity index (χ0n) is 28.8. The van der Waals surface area contributed by atoms with Gasteiger partial charge in [-0.1, -0.05) is 99.5 Å². The number of hydrogen-bond acceptors (Lipinski definition) is 2. The molecule has 3 nitrogen and oxygen atoms in total. The Hall–Kier alpha value is -4.05. The molecule has 0 spiro atoms. The van der Waals surface area contributed by atoms with Gasteiger partial charge in [-0.2, -0.15) is 4.58 Å². The molecule has 0 bridgehead atoms. The average Bonchev–Trinajstić information content (AvgIpc) is 3.61. The monoisotopic (exact) mass is 672 g/mol. The fourth-order valence-corrected chi connectivity index (χ4v) is 8.50. The van der Waals surface area contributed by atoms with Crippen LogP contribution in [0.1, 0.15) is 58.1 Å². The second kappa shape index (κ2) is 12.4. The molecule has 0 N–H and O–H groups in total. The van der Waals surface area contributed by atoms with E-state index in [2.05, 4.69) is 159 Å². The van der Waals surface area contributed by atoms with Crippen LogP contribution in [0.3, 0.4) is 0 Å². The number of fused-ring (bicyclic) bond motifs is 2. The molecule has 4 aliphatic rings. The topological polar surface area (TPSA) is 9.49 Å². The van der Waals surface area contributed by atoms with Crippen molar-refractivity contribution in [2.24, 2.45) is 0 Å². The van der Waals surface area contributed by atoms with Crippen molar-refractivity contribution in [2.75, 3.05) is 23.9 Å². The van der Waals surface area contributed by atoms with Crippen LogP contribution >= 0.6 is 23.2 Å². The summed E-state index contributed by atoms with van der Waals surface area (Å²) < 4.78 is 2.57. The number of benzene rings is 3. The summed E-state index contributed by atoms with van der Waals surface area (Å²) in [6, 6.07) is 23.6. The third kappa shape index (κ3) is 5.51. The number of para-hydroxylation sites is 1. The zero-order chi connectivity index (χ0) is 33.8. The van der Waals surface area contributed by atoms with E-state index >= 15 is 0 Å². The van der Waals surface area contributed by atoms with Crippen LogP contribution in [0.2, 0.25) is 10.0 Å².